The first kappa shape index (κ1) is 15.8. The van der Waals surface area contributed by atoms with E-state index in [1.807, 2.05) is 0 Å². The smallest absolute Gasteiger partial charge is 0.0589 e. The molecule has 0 unspecified atom stereocenters. The molecule has 0 amide bonds. The summed E-state index contributed by atoms with van der Waals surface area (Å²) in [7, 11) is 3.46. The van der Waals surface area contributed by atoms with Gasteiger partial charge < -0.3 is 14.6 Å². The van der Waals surface area contributed by atoms with Gasteiger partial charge in [-0.25, -0.2) is 0 Å². The van der Waals surface area contributed by atoms with Crippen LogP contribution in [0.2, 0.25) is 0 Å². The largest absolute Gasteiger partial charge is 0.396 e. The summed E-state index contributed by atoms with van der Waals surface area (Å²) in [6.45, 7) is 4.91. The zero-order chi connectivity index (χ0) is 12.1. The molecule has 0 fully saturated rings. The summed E-state index contributed by atoms with van der Waals surface area (Å²) in [4.78, 5) is 2.37. The molecule has 0 bridgehead atoms. The summed E-state index contributed by atoms with van der Waals surface area (Å²) in [6, 6.07) is 0. The van der Waals surface area contributed by atoms with Gasteiger partial charge in [-0.2, -0.15) is 0 Å². The van der Waals surface area contributed by atoms with Gasteiger partial charge in [-0.3, -0.25) is 4.90 Å². The number of aliphatic hydroxyl groups is 1. The molecular formula is C12H27NO3. The topological polar surface area (TPSA) is 41.9 Å². The Morgan fingerprint density at radius 1 is 0.812 bits per heavy atom. The first-order valence-corrected chi connectivity index (χ1v) is 6.16. The van der Waals surface area contributed by atoms with Crippen molar-refractivity contribution in [1.82, 2.24) is 4.90 Å². The van der Waals surface area contributed by atoms with Gasteiger partial charge in [-0.15, -0.1) is 0 Å². The van der Waals surface area contributed by atoms with Gasteiger partial charge in [0.1, 0.15) is 0 Å². The Kier molecular flexibility index (Phi) is 12.8. The van der Waals surface area contributed by atoms with E-state index in [9.17, 15) is 0 Å². The molecular weight excluding hydrogens is 206 g/mol. The summed E-state index contributed by atoms with van der Waals surface area (Å²) < 4.78 is 10.2. The van der Waals surface area contributed by atoms with E-state index in [4.69, 9.17) is 14.6 Å². The van der Waals surface area contributed by atoms with Gasteiger partial charge >= 0.3 is 0 Å². The maximum absolute atomic E-state index is 8.66. The Morgan fingerprint density at radius 3 is 1.88 bits per heavy atom. The molecule has 0 saturated heterocycles. The van der Waals surface area contributed by atoms with Crippen molar-refractivity contribution in [3.8, 4) is 0 Å². The molecule has 98 valence electrons. The normalized spacial score (nSPS) is 11.2. The highest BCUT2D eigenvalue weighted by molar-refractivity contribution is 4.57. The van der Waals surface area contributed by atoms with Crippen molar-refractivity contribution >= 4 is 0 Å². The SMILES string of the molecule is COCCN(CCCCCCO)CCOC. The van der Waals surface area contributed by atoms with E-state index in [0.717, 1.165) is 45.7 Å². The van der Waals surface area contributed by atoms with E-state index in [0.29, 0.717) is 6.61 Å². The number of rotatable bonds is 12. The van der Waals surface area contributed by atoms with Gasteiger partial charge in [0.15, 0.2) is 0 Å². The van der Waals surface area contributed by atoms with Gasteiger partial charge in [-0.1, -0.05) is 12.8 Å². The number of hydrogen-bond donors (Lipinski definition) is 1. The van der Waals surface area contributed by atoms with Crippen molar-refractivity contribution < 1.29 is 14.6 Å². The van der Waals surface area contributed by atoms with E-state index in [2.05, 4.69) is 4.90 Å². The Hall–Kier alpha value is -0.160. The monoisotopic (exact) mass is 233 g/mol. The number of hydrogen-bond acceptors (Lipinski definition) is 4. The fraction of sp³-hybridized carbons (Fsp3) is 1.00. The van der Waals surface area contributed by atoms with Crippen molar-refractivity contribution in [2.45, 2.75) is 25.7 Å². The summed E-state index contributed by atoms with van der Waals surface area (Å²) >= 11 is 0. The maximum atomic E-state index is 8.66. The highest BCUT2D eigenvalue weighted by Gasteiger charge is 2.03. The third-order valence-corrected chi connectivity index (χ3v) is 2.61. The lowest BCUT2D eigenvalue weighted by atomic mass is 10.2. The number of aliphatic hydroxyl groups excluding tert-OH is 1. The molecule has 0 rings (SSSR count). The number of nitrogens with zero attached hydrogens (tertiary/aromatic N) is 1. The van der Waals surface area contributed by atoms with Crippen molar-refractivity contribution in [2.75, 3.05) is 53.7 Å². The average molecular weight is 233 g/mol. The van der Waals surface area contributed by atoms with Crippen molar-refractivity contribution in [3.05, 3.63) is 0 Å². The quantitative estimate of drug-likeness (QED) is 0.513. The molecule has 16 heavy (non-hydrogen) atoms. The molecule has 4 heteroatoms. The minimum absolute atomic E-state index is 0.317. The molecule has 0 aliphatic rings. The fourth-order valence-corrected chi connectivity index (χ4v) is 1.58. The summed E-state index contributed by atoms with van der Waals surface area (Å²) in [5.41, 5.74) is 0. The van der Waals surface area contributed by atoms with Crippen LogP contribution in [0.15, 0.2) is 0 Å². The fourth-order valence-electron chi connectivity index (χ4n) is 1.58. The molecule has 0 aromatic carbocycles. The zero-order valence-corrected chi connectivity index (χ0v) is 10.8. The zero-order valence-electron chi connectivity index (χ0n) is 10.8. The summed E-state index contributed by atoms with van der Waals surface area (Å²) in [5.74, 6) is 0. The van der Waals surface area contributed by atoms with E-state index < -0.39 is 0 Å². The number of ether oxygens (including phenoxy) is 2. The maximum Gasteiger partial charge on any atom is 0.0589 e. The van der Waals surface area contributed by atoms with Crippen molar-refractivity contribution in [2.24, 2.45) is 0 Å². The lowest BCUT2D eigenvalue weighted by molar-refractivity contribution is 0.113. The van der Waals surface area contributed by atoms with Crippen molar-refractivity contribution in [3.63, 3.8) is 0 Å². The molecule has 1 N–H and O–H groups in total. The summed E-state index contributed by atoms with van der Waals surface area (Å²) in [5, 5.41) is 8.66. The first-order valence-electron chi connectivity index (χ1n) is 6.16. The number of methoxy groups -OCH3 is 2. The predicted molar refractivity (Wildman–Crippen MR) is 65.7 cm³/mol. The third-order valence-electron chi connectivity index (χ3n) is 2.61. The second-order valence-corrected chi connectivity index (χ2v) is 3.97. The Bertz CT molecular complexity index is 125. The van der Waals surface area contributed by atoms with Gasteiger partial charge in [0.05, 0.1) is 13.2 Å². The lowest BCUT2D eigenvalue weighted by Crippen LogP contribution is -2.31. The second kappa shape index (κ2) is 12.9. The molecule has 0 aliphatic carbocycles. The molecule has 0 saturated carbocycles. The van der Waals surface area contributed by atoms with Gasteiger partial charge in [0.2, 0.25) is 0 Å². The molecule has 0 aromatic heterocycles. The highest BCUT2D eigenvalue weighted by Crippen LogP contribution is 2.01. The summed E-state index contributed by atoms with van der Waals surface area (Å²) in [6.07, 6.45) is 4.43. The second-order valence-electron chi connectivity index (χ2n) is 3.97. The molecule has 0 aliphatic heterocycles. The van der Waals surface area contributed by atoms with Gasteiger partial charge in [0, 0.05) is 33.9 Å². The van der Waals surface area contributed by atoms with Crippen LogP contribution < -0.4 is 0 Å². The third kappa shape index (κ3) is 10.4. The van der Waals surface area contributed by atoms with Gasteiger partial charge in [-0.05, 0) is 19.4 Å². The Balaban J connectivity index is 3.48. The highest BCUT2D eigenvalue weighted by atomic mass is 16.5. The average Bonchev–Trinajstić information content (AvgIpc) is 2.31. The van der Waals surface area contributed by atoms with Crippen LogP contribution in [0.1, 0.15) is 25.7 Å². The van der Waals surface area contributed by atoms with E-state index in [1.165, 1.54) is 12.8 Å². The van der Waals surface area contributed by atoms with Gasteiger partial charge in [0.25, 0.3) is 0 Å². The van der Waals surface area contributed by atoms with Crippen LogP contribution in [-0.4, -0.2) is 63.7 Å². The minimum atomic E-state index is 0.317. The van der Waals surface area contributed by atoms with Crippen LogP contribution in [0, 0.1) is 0 Å². The molecule has 0 atom stereocenters. The lowest BCUT2D eigenvalue weighted by Gasteiger charge is -2.21. The molecule has 0 radical (unpaired) electrons. The molecule has 0 spiro atoms. The van der Waals surface area contributed by atoms with Crippen LogP contribution >= 0.6 is 0 Å². The van der Waals surface area contributed by atoms with Crippen LogP contribution in [0.3, 0.4) is 0 Å². The molecule has 0 aromatic rings. The number of unbranched alkanes of at least 4 members (excludes halogenated alkanes) is 3. The predicted octanol–water partition coefficient (Wildman–Crippen LogP) is 1.13. The molecule has 4 nitrogen and oxygen atoms in total. The van der Waals surface area contributed by atoms with E-state index in [-0.39, 0.29) is 0 Å². The van der Waals surface area contributed by atoms with Crippen LogP contribution in [0.4, 0.5) is 0 Å². The Morgan fingerprint density at radius 2 is 1.38 bits per heavy atom. The van der Waals surface area contributed by atoms with Crippen LogP contribution in [-0.2, 0) is 9.47 Å². The minimum Gasteiger partial charge on any atom is -0.396 e. The van der Waals surface area contributed by atoms with E-state index in [1.54, 1.807) is 14.2 Å². The van der Waals surface area contributed by atoms with Crippen molar-refractivity contribution in [1.29, 1.82) is 0 Å². The van der Waals surface area contributed by atoms with Crippen LogP contribution in [0.5, 0.6) is 0 Å². The standard InChI is InChI=1S/C12H27NO3/c1-15-11-8-13(9-12-16-2)7-5-3-4-6-10-14/h14H,3-12H2,1-2H3. The van der Waals surface area contributed by atoms with E-state index >= 15 is 0 Å². The first-order chi connectivity index (χ1) is 7.85. The molecule has 0 heterocycles. The Labute approximate surface area is 99.5 Å². The van der Waals surface area contributed by atoms with Crippen LogP contribution in [0.25, 0.3) is 0 Å².